The number of anilines is 2. The molecule has 1 saturated heterocycles. The fraction of sp³-hybridized carbons (Fsp3) is 0.447. The van der Waals surface area contributed by atoms with E-state index in [1.807, 2.05) is 29.0 Å². The largest absolute Gasteiger partial charge is 0.508 e. The lowest BCUT2D eigenvalue weighted by Gasteiger charge is -2.33. The van der Waals surface area contributed by atoms with Crippen molar-refractivity contribution >= 4 is 61.4 Å². The Labute approximate surface area is 306 Å². The topological polar surface area (TPSA) is 199 Å². The van der Waals surface area contributed by atoms with Gasteiger partial charge in [-0.2, -0.15) is 0 Å². The predicted octanol–water partition coefficient (Wildman–Crippen LogP) is 4.29. The Morgan fingerprint density at radius 2 is 1.58 bits per heavy atom. The highest BCUT2D eigenvalue weighted by atomic mass is 16.5. The number of aryl methyl sites for hydroxylation is 2. The standard InChI is InChI=1S/C38H47N9O6/c1-7-27-42-31-32(46(27)20-37(3,4)50)23-11-9-21(48)17-25(23)41-35(31)44-36(38(5,6)51)47-28(8-2)43-30-33(47)24-12-10-22(18-26(24)40-34(30)39)53-19-29(49)45-13-15-52-16-14-45/h9-12,17-18,36,48,50-51H,7-8,13-16,19-20H2,1-6H3,(H2,39,40)(H,41,44). The first-order valence-electron chi connectivity index (χ1n) is 18.0. The van der Waals surface area contributed by atoms with E-state index in [2.05, 4.69) is 10.3 Å². The first-order chi connectivity index (χ1) is 25.2. The van der Waals surface area contributed by atoms with Gasteiger partial charge >= 0.3 is 0 Å². The van der Waals surface area contributed by atoms with Crippen LogP contribution >= 0.6 is 0 Å². The molecule has 6 aromatic rings. The van der Waals surface area contributed by atoms with E-state index in [-0.39, 0.29) is 30.6 Å². The van der Waals surface area contributed by atoms with Crippen molar-refractivity contribution in [2.75, 3.05) is 44.0 Å². The van der Waals surface area contributed by atoms with Crippen molar-refractivity contribution in [1.29, 1.82) is 0 Å². The summed E-state index contributed by atoms with van der Waals surface area (Å²) in [5.41, 5.74) is 7.60. The number of carbonyl (C=O) groups excluding carboxylic acids is 1. The van der Waals surface area contributed by atoms with Gasteiger partial charge in [0.2, 0.25) is 0 Å². The van der Waals surface area contributed by atoms with E-state index in [9.17, 15) is 20.1 Å². The van der Waals surface area contributed by atoms with E-state index < -0.39 is 17.4 Å². The summed E-state index contributed by atoms with van der Waals surface area (Å²) in [6, 6.07) is 10.4. The average Bonchev–Trinajstić information content (AvgIpc) is 3.67. The van der Waals surface area contributed by atoms with Crippen LogP contribution in [0.2, 0.25) is 0 Å². The van der Waals surface area contributed by atoms with Gasteiger partial charge in [-0.15, -0.1) is 0 Å². The fourth-order valence-corrected chi connectivity index (χ4v) is 7.11. The number of benzene rings is 2. The molecule has 0 radical (unpaired) electrons. The normalized spacial score (nSPS) is 14.8. The maximum absolute atomic E-state index is 12.8. The Bertz CT molecular complexity index is 2350. The number of imidazole rings is 2. The number of carbonyl (C=O) groups is 1. The molecule has 15 heteroatoms. The van der Waals surface area contributed by atoms with Gasteiger partial charge in [0.25, 0.3) is 5.91 Å². The van der Waals surface area contributed by atoms with Crippen molar-refractivity contribution in [3.8, 4) is 11.5 Å². The van der Waals surface area contributed by atoms with E-state index in [0.29, 0.717) is 89.5 Å². The van der Waals surface area contributed by atoms with E-state index in [1.165, 1.54) is 0 Å². The molecule has 15 nitrogen and oxygen atoms in total. The Kier molecular flexibility index (Phi) is 9.29. The number of pyridine rings is 2. The number of nitrogens with two attached hydrogens (primary N) is 1. The van der Waals surface area contributed by atoms with E-state index in [0.717, 1.165) is 16.7 Å². The molecule has 1 unspecified atom stereocenters. The zero-order valence-electron chi connectivity index (χ0n) is 31.0. The Morgan fingerprint density at radius 3 is 2.26 bits per heavy atom. The Balaban J connectivity index is 1.37. The predicted molar refractivity (Wildman–Crippen MR) is 203 cm³/mol. The highest BCUT2D eigenvalue weighted by Crippen LogP contribution is 2.39. The monoisotopic (exact) mass is 725 g/mol. The first kappa shape index (κ1) is 36.1. The number of morpholine rings is 1. The van der Waals surface area contributed by atoms with Crippen LogP contribution in [0, 0.1) is 0 Å². The molecule has 0 spiro atoms. The van der Waals surface area contributed by atoms with Crippen LogP contribution in [0.25, 0.3) is 43.9 Å². The minimum absolute atomic E-state index is 0.0516. The number of phenolic OH excluding ortho intramolecular Hbond substituents is 1. The number of hydrogen-bond donors (Lipinski definition) is 5. The quantitative estimate of drug-likeness (QED) is 0.127. The Morgan fingerprint density at radius 1 is 0.925 bits per heavy atom. The van der Waals surface area contributed by atoms with Crippen LogP contribution < -0.4 is 15.8 Å². The molecule has 4 aromatic heterocycles. The number of aliphatic hydroxyl groups is 2. The molecule has 7 rings (SSSR count). The number of hydrogen-bond acceptors (Lipinski definition) is 12. The van der Waals surface area contributed by atoms with Gasteiger partial charge in [-0.25, -0.2) is 19.9 Å². The number of nitrogens with one attached hydrogen (secondary N) is 1. The van der Waals surface area contributed by atoms with Crippen LogP contribution in [0.4, 0.5) is 11.6 Å². The third-order valence-electron chi connectivity index (χ3n) is 9.54. The summed E-state index contributed by atoms with van der Waals surface area (Å²) in [5, 5.41) is 38.4. The molecule has 0 saturated carbocycles. The zero-order chi connectivity index (χ0) is 37.8. The van der Waals surface area contributed by atoms with Crippen molar-refractivity contribution in [3.63, 3.8) is 0 Å². The van der Waals surface area contributed by atoms with Gasteiger partial charge in [0.05, 0.1) is 53.0 Å². The summed E-state index contributed by atoms with van der Waals surface area (Å²) in [7, 11) is 0. The van der Waals surface area contributed by atoms with Gasteiger partial charge in [-0.05, 0) is 52.0 Å². The third-order valence-corrected chi connectivity index (χ3v) is 9.54. The summed E-state index contributed by atoms with van der Waals surface area (Å²) in [5.74, 6) is 2.38. The zero-order valence-corrected chi connectivity index (χ0v) is 31.0. The number of phenols is 1. The van der Waals surface area contributed by atoms with Crippen molar-refractivity contribution in [2.45, 2.75) is 78.3 Å². The van der Waals surface area contributed by atoms with Crippen LogP contribution in [0.15, 0.2) is 36.4 Å². The number of nitrogens with zero attached hydrogens (tertiary/aromatic N) is 7. The summed E-state index contributed by atoms with van der Waals surface area (Å²) in [6.45, 7) is 13.1. The number of nitrogen functional groups attached to an aromatic ring is 1. The number of fused-ring (bicyclic) bond motifs is 6. The molecule has 2 aromatic carbocycles. The first-order valence-corrected chi connectivity index (χ1v) is 18.0. The highest BCUT2D eigenvalue weighted by molar-refractivity contribution is 6.08. The van der Waals surface area contributed by atoms with Crippen LogP contribution in [0.5, 0.6) is 11.5 Å². The number of amides is 1. The van der Waals surface area contributed by atoms with Crippen LogP contribution in [0.1, 0.15) is 59.4 Å². The molecule has 1 aliphatic heterocycles. The van der Waals surface area contributed by atoms with Crippen molar-refractivity contribution < 1.29 is 29.6 Å². The second kappa shape index (κ2) is 13.6. The molecule has 280 valence electrons. The lowest BCUT2D eigenvalue weighted by Crippen LogP contribution is -2.42. The maximum atomic E-state index is 12.8. The average molecular weight is 726 g/mol. The summed E-state index contributed by atoms with van der Waals surface area (Å²) >= 11 is 0. The molecular formula is C38H47N9O6. The van der Waals surface area contributed by atoms with Crippen molar-refractivity contribution in [1.82, 2.24) is 34.0 Å². The van der Waals surface area contributed by atoms with E-state index >= 15 is 0 Å². The summed E-state index contributed by atoms with van der Waals surface area (Å²) < 4.78 is 15.2. The Hall–Kier alpha value is -5.25. The molecule has 53 heavy (non-hydrogen) atoms. The second-order valence-corrected chi connectivity index (χ2v) is 14.7. The number of aromatic nitrogens is 6. The number of rotatable bonds is 11. The molecule has 0 bridgehead atoms. The minimum atomic E-state index is -1.41. The third kappa shape index (κ3) is 6.87. The van der Waals surface area contributed by atoms with Gasteiger partial charge in [0.15, 0.2) is 18.2 Å². The van der Waals surface area contributed by atoms with Gasteiger partial charge in [-0.3, -0.25) is 4.79 Å². The smallest absolute Gasteiger partial charge is 0.260 e. The van der Waals surface area contributed by atoms with Gasteiger partial charge < -0.3 is 49.9 Å². The molecule has 1 atom stereocenters. The summed E-state index contributed by atoms with van der Waals surface area (Å²) in [6.07, 6.45) is 0.240. The molecular weight excluding hydrogens is 678 g/mol. The van der Waals surface area contributed by atoms with Gasteiger partial charge in [0, 0.05) is 48.8 Å². The van der Waals surface area contributed by atoms with E-state index in [4.69, 9.17) is 30.2 Å². The van der Waals surface area contributed by atoms with Gasteiger partial charge in [0.1, 0.15) is 40.3 Å². The molecule has 6 N–H and O–H groups in total. The fourth-order valence-electron chi connectivity index (χ4n) is 7.11. The number of aromatic hydroxyl groups is 1. The lowest BCUT2D eigenvalue weighted by atomic mass is 10.0. The van der Waals surface area contributed by atoms with Gasteiger partial charge in [-0.1, -0.05) is 13.8 Å². The molecule has 1 aliphatic rings. The minimum Gasteiger partial charge on any atom is -0.508 e. The van der Waals surface area contributed by atoms with Crippen LogP contribution in [-0.4, -0.2) is 99.3 Å². The van der Waals surface area contributed by atoms with Crippen LogP contribution in [0.3, 0.4) is 0 Å². The van der Waals surface area contributed by atoms with Crippen molar-refractivity contribution in [3.05, 3.63) is 48.0 Å². The molecule has 5 heterocycles. The molecule has 0 aliphatic carbocycles. The van der Waals surface area contributed by atoms with E-state index in [1.54, 1.807) is 62.9 Å². The van der Waals surface area contributed by atoms with Crippen LogP contribution in [-0.2, 0) is 28.9 Å². The second-order valence-electron chi connectivity index (χ2n) is 14.7. The SMILES string of the molecule is CCc1nc2c(NC(n3c(CC)nc4c(N)nc5cc(OCC(=O)N6CCOCC6)ccc5c43)C(C)(C)O)nc3cc(O)ccc3c2n1CC(C)(C)O. The maximum Gasteiger partial charge on any atom is 0.260 e. The number of ether oxygens (including phenoxy) is 2. The summed E-state index contributed by atoms with van der Waals surface area (Å²) in [4.78, 5) is 34.1. The van der Waals surface area contributed by atoms with Crippen molar-refractivity contribution in [2.24, 2.45) is 0 Å². The lowest BCUT2D eigenvalue weighted by molar-refractivity contribution is -0.137. The molecule has 1 amide bonds. The highest BCUT2D eigenvalue weighted by Gasteiger charge is 2.35. The molecule has 1 fully saturated rings.